The van der Waals surface area contributed by atoms with Crippen LogP contribution in [0.25, 0.3) is 27.9 Å². The monoisotopic (exact) mass is 480 g/mol. The van der Waals surface area contributed by atoms with Gasteiger partial charge in [0.1, 0.15) is 17.7 Å². The van der Waals surface area contributed by atoms with Gasteiger partial charge in [-0.15, -0.1) is 5.10 Å². The smallest absolute Gasteiger partial charge is 0.271 e. The van der Waals surface area contributed by atoms with Gasteiger partial charge in [0, 0.05) is 36.0 Å². The minimum Gasteiger partial charge on any atom is -0.366 e. The van der Waals surface area contributed by atoms with Crippen molar-refractivity contribution in [3.8, 4) is 22.3 Å². The standard InChI is InChI=1S/C25H20F4N6/c1-14-20(13-35(32-14)23(25(2,28)29)15-6-8-17(26)9-7-15)19-5-3-4-18(22(19)27)16-10-11-34-21(12-16)31-24(30)33-34/h3-13,23H,1-2H3,(H2,30,33). The molecule has 0 saturated heterocycles. The summed E-state index contributed by atoms with van der Waals surface area (Å²) in [7, 11) is 0. The number of halogens is 4. The number of aromatic nitrogens is 5. The summed E-state index contributed by atoms with van der Waals surface area (Å²) in [6, 6.07) is 11.5. The van der Waals surface area contributed by atoms with Crippen LogP contribution in [-0.4, -0.2) is 30.3 Å². The number of fused-ring (bicyclic) bond motifs is 1. The predicted octanol–water partition coefficient (Wildman–Crippen LogP) is 5.67. The van der Waals surface area contributed by atoms with Crippen LogP contribution in [0.15, 0.2) is 67.0 Å². The lowest BCUT2D eigenvalue weighted by Gasteiger charge is -2.24. The molecule has 5 aromatic rings. The van der Waals surface area contributed by atoms with Crippen LogP contribution in [0, 0.1) is 18.6 Å². The summed E-state index contributed by atoms with van der Waals surface area (Å²) in [5.41, 5.74) is 8.09. The third-order valence-electron chi connectivity index (χ3n) is 5.80. The first-order valence-electron chi connectivity index (χ1n) is 10.7. The van der Waals surface area contributed by atoms with Crippen LogP contribution < -0.4 is 5.73 Å². The molecule has 2 aromatic carbocycles. The zero-order valence-electron chi connectivity index (χ0n) is 18.8. The molecule has 0 spiro atoms. The molecule has 35 heavy (non-hydrogen) atoms. The summed E-state index contributed by atoms with van der Waals surface area (Å²) in [6.07, 6.45) is 3.02. The number of nitrogen functional groups attached to an aromatic ring is 1. The van der Waals surface area contributed by atoms with Gasteiger partial charge in [-0.05, 0) is 42.3 Å². The Morgan fingerprint density at radius 1 is 0.943 bits per heavy atom. The fourth-order valence-corrected chi connectivity index (χ4v) is 4.23. The molecule has 0 bridgehead atoms. The van der Waals surface area contributed by atoms with Crippen LogP contribution in [0.3, 0.4) is 0 Å². The summed E-state index contributed by atoms with van der Waals surface area (Å²) < 4.78 is 61.0. The molecule has 0 saturated carbocycles. The van der Waals surface area contributed by atoms with Gasteiger partial charge in [-0.1, -0.05) is 30.3 Å². The van der Waals surface area contributed by atoms with E-state index in [0.717, 1.165) is 23.7 Å². The van der Waals surface area contributed by atoms with E-state index in [1.807, 2.05) is 0 Å². The third-order valence-corrected chi connectivity index (χ3v) is 5.80. The first kappa shape index (κ1) is 22.6. The van der Waals surface area contributed by atoms with Crippen molar-refractivity contribution in [3.63, 3.8) is 0 Å². The fraction of sp³-hybridized carbons (Fsp3) is 0.160. The zero-order valence-corrected chi connectivity index (χ0v) is 18.8. The molecule has 0 aliphatic heterocycles. The molecule has 6 nitrogen and oxygen atoms in total. The molecule has 10 heteroatoms. The van der Waals surface area contributed by atoms with Gasteiger partial charge in [0.15, 0.2) is 5.65 Å². The van der Waals surface area contributed by atoms with E-state index in [2.05, 4.69) is 15.2 Å². The Labute approximate surface area is 197 Å². The largest absolute Gasteiger partial charge is 0.366 e. The average molecular weight is 480 g/mol. The Morgan fingerprint density at radius 3 is 2.37 bits per heavy atom. The highest BCUT2D eigenvalue weighted by molar-refractivity contribution is 5.76. The normalized spacial score (nSPS) is 12.9. The van der Waals surface area contributed by atoms with Crippen molar-refractivity contribution < 1.29 is 17.6 Å². The van der Waals surface area contributed by atoms with Crippen LogP contribution in [-0.2, 0) is 0 Å². The molecule has 0 aliphatic rings. The third kappa shape index (κ3) is 4.11. The van der Waals surface area contributed by atoms with Crippen LogP contribution in [0.4, 0.5) is 23.5 Å². The molecule has 0 radical (unpaired) electrons. The number of aryl methyl sites for hydroxylation is 1. The van der Waals surface area contributed by atoms with E-state index in [1.165, 1.54) is 22.8 Å². The van der Waals surface area contributed by atoms with Crippen molar-refractivity contribution in [3.05, 3.63) is 89.9 Å². The highest BCUT2D eigenvalue weighted by atomic mass is 19.3. The number of nitrogens with two attached hydrogens (primary N) is 1. The fourth-order valence-electron chi connectivity index (χ4n) is 4.23. The Kier molecular flexibility index (Phi) is 5.31. The second-order valence-corrected chi connectivity index (χ2v) is 8.37. The minimum absolute atomic E-state index is 0.0999. The second kappa shape index (κ2) is 8.23. The number of nitrogens with zero attached hydrogens (tertiary/aromatic N) is 5. The van der Waals surface area contributed by atoms with Gasteiger partial charge in [0.25, 0.3) is 5.92 Å². The molecule has 178 valence electrons. The molecule has 0 amide bonds. The van der Waals surface area contributed by atoms with E-state index >= 15 is 4.39 Å². The summed E-state index contributed by atoms with van der Waals surface area (Å²) >= 11 is 0. The van der Waals surface area contributed by atoms with E-state index in [1.54, 1.807) is 43.5 Å². The van der Waals surface area contributed by atoms with Crippen molar-refractivity contribution in [2.45, 2.75) is 25.8 Å². The van der Waals surface area contributed by atoms with Gasteiger partial charge in [0.05, 0.1) is 5.69 Å². The molecule has 5 rings (SSSR count). The second-order valence-electron chi connectivity index (χ2n) is 8.37. The lowest BCUT2D eigenvalue weighted by molar-refractivity contribution is -0.0217. The highest BCUT2D eigenvalue weighted by Crippen LogP contribution is 2.38. The number of hydrogen-bond acceptors (Lipinski definition) is 4. The van der Waals surface area contributed by atoms with Crippen molar-refractivity contribution in [1.29, 1.82) is 0 Å². The maximum atomic E-state index is 15.7. The van der Waals surface area contributed by atoms with Crippen LogP contribution in [0.5, 0.6) is 0 Å². The lowest BCUT2D eigenvalue weighted by Crippen LogP contribution is -2.29. The van der Waals surface area contributed by atoms with Crippen LogP contribution in [0.1, 0.15) is 24.2 Å². The molecule has 3 aromatic heterocycles. The Hall–Kier alpha value is -4.21. The number of anilines is 1. The van der Waals surface area contributed by atoms with Crippen molar-refractivity contribution in [2.24, 2.45) is 0 Å². The van der Waals surface area contributed by atoms with E-state index in [4.69, 9.17) is 5.73 Å². The van der Waals surface area contributed by atoms with Gasteiger partial charge in [-0.2, -0.15) is 10.1 Å². The van der Waals surface area contributed by atoms with Gasteiger partial charge < -0.3 is 5.73 Å². The minimum atomic E-state index is -3.22. The lowest BCUT2D eigenvalue weighted by atomic mass is 9.98. The molecule has 0 fully saturated rings. The number of pyridine rings is 1. The average Bonchev–Trinajstić information content (AvgIpc) is 3.35. The number of alkyl halides is 2. The van der Waals surface area contributed by atoms with Crippen molar-refractivity contribution in [1.82, 2.24) is 24.4 Å². The molecular weight excluding hydrogens is 460 g/mol. The molecular formula is C25H20F4N6. The number of hydrogen-bond donors (Lipinski definition) is 1. The van der Waals surface area contributed by atoms with Crippen LogP contribution in [0.2, 0.25) is 0 Å². The summed E-state index contributed by atoms with van der Waals surface area (Å²) in [5.74, 6) is -4.18. The van der Waals surface area contributed by atoms with Gasteiger partial charge in [-0.25, -0.2) is 22.1 Å². The number of benzene rings is 2. The molecule has 2 N–H and O–H groups in total. The van der Waals surface area contributed by atoms with Gasteiger partial charge in [0.2, 0.25) is 5.95 Å². The Balaban J connectivity index is 1.59. The first-order chi connectivity index (χ1) is 16.6. The summed E-state index contributed by atoms with van der Waals surface area (Å²) in [5, 5.41) is 8.29. The first-order valence-corrected chi connectivity index (χ1v) is 10.7. The predicted molar refractivity (Wildman–Crippen MR) is 124 cm³/mol. The maximum Gasteiger partial charge on any atom is 0.271 e. The topological polar surface area (TPSA) is 74.0 Å². The van der Waals surface area contributed by atoms with Crippen molar-refractivity contribution >= 4 is 11.6 Å². The van der Waals surface area contributed by atoms with Crippen molar-refractivity contribution in [2.75, 3.05) is 5.73 Å². The molecule has 0 aliphatic carbocycles. The van der Waals surface area contributed by atoms with E-state index < -0.39 is 23.6 Å². The van der Waals surface area contributed by atoms with E-state index in [-0.39, 0.29) is 17.1 Å². The molecule has 3 heterocycles. The van der Waals surface area contributed by atoms with E-state index in [9.17, 15) is 13.2 Å². The molecule has 1 unspecified atom stereocenters. The Morgan fingerprint density at radius 2 is 1.66 bits per heavy atom. The maximum absolute atomic E-state index is 15.7. The SMILES string of the molecule is Cc1nn(C(c2ccc(F)cc2)C(C)(F)F)cc1-c1cccc(-c2ccn3nc(N)nc3c2)c1F. The van der Waals surface area contributed by atoms with Crippen LogP contribution >= 0.6 is 0 Å². The highest BCUT2D eigenvalue weighted by Gasteiger charge is 2.38. The number of rotatable bonds is 5. The van der Waals surface area contributed by atoms with Gasteiger partial charge >= 0.3 is 0 Å². The summed E-state index contributed by atoms with van der Waals surface area (Å²) in [6.45, 7) is 2.39. The molecule has 1 atom stereocenters. The Bertz CT molecular complexity index is 1530. The van der Waals surface area contributed by atoms with E-state index in [0.29, 0.717) is 28.0 Å². The quantitative estimate of drug-likeness (QED) is 0.329. The summed E-state index contributed by atoms with van der Waals surface area (Å²) in [4.78, 5) is 4.10. The van der Waals surface area contributed by atoms with Gasteiger partial charge in [-0.3, -0.25) is 4.68 Å². The zero-order chi connectivity index (χ0) is 24.9.